The molecule has 1 aromatic rings. The number of carbonyl (C=O) groups excluding carboxylic acids is 1. The van der Waals surface area contributed by atoms with Crippen molar-refractivity contribution >= 4 is 5.91 Å². The van der Waals surface area contributed by atoms with Crippen LogP contribution in [0.3, 0.4) is 0 Å². The Morgan fingerprint density at radius 1 is 1.50 bits per heavy atom. The lowest BCUT2D eigenvalue weighted by atomic mass is 10.2. The van der Waals surface area contributed by atoms with Gasteiger partial charge in [0.25, 0.3) is 5.91 Å². The summed E-state index contributed by atoms with van der Waals surface area (Å²) in [5.41, 5.74) is 0.663. The maximum atomic E-state index is 12.4. The Bertz CT molecular complexity index is 420. The van der Waals surface area contributed by atoms with E-state index in [4.69, 9.17) is 4.74 Å². The summed E-state index contributed by atoms with van der Waals surface area (Å²) in [6.45, 7) is 4.08. The van der Waals surface area contributed by atoms with E-state index in [0.717, 1.165) is 19.5 Å². The molecule has 2 rings (SSSR count). The first-order valence-electron chi connectivity index (χ1n) is 6.44. The summed E-state index contributed by atoms with van der Waals surface area (Å²) in [6.07, 6.45) is 1.01. The summed E-state index contributed by atoms with van der Waals surface area (Å²) in [5.74, 6) is 0.745. The molecule has 1 amide bonds. The number of para-hydroxylation sites is 1. The Morgan fingerprint density at radius 3 is 2.94 bits per heavy atom. The fourth-order valence-corrected chi connectivity index (χ4v) is 2.28. The zero-order valence-electron chi connectivity index (χ0n) is 11.0. The molecule has 4 nitrogen and oxygen atoms in total. The number of hydrogen-bond donors (Lipinski definition) is 1. The molecule has 1 heterocycles. The monoisotopic (exact) mass is 248 g/mol. The maximum Gasteiger partial charge on any atom is 0.257 e. The third-order valence-corrected chi connectivity index (χ3v) is 3.30. The normalized spacial score (nSPS) is 19.0. The zero-order valence-corrected chi connectivity index (χ0v) is 11.0. The quantitative estimate of drug-likeness (QED) is 0.878. The Labute approximate surface area is 108 Å². The number of amides is 1. The average molecular weight is 248 g/mol. The van der Waals surface area contributed by atoms with Gasteiger partial charge in [-0.1, -0.05) is 12.1 Å². The highest BCUT2D eigenvalue weighted by Crippen LogP contribution is 2.22. The highest BCUT2D eigenvalue weighted by Gasteiger charge is 2.27. The van der Waals surface area contributed by atoms with Crippen molar-refractivity contribution in [2.75, 3.05) is 26.7 Å². The van der Waals surface area contributed by atoms with E-state index in [1.165, 1.54) is 0 Å². The number of ether oxygens (including phenoxy) is 1. The van der Waals surface area contributed by atoms with Gasteiger partial charge in [0.05, 0.1) is 12.2 Å². The van der Waals surface area contributed by atoms with E-state index in [0.29, 0.717) is 24.0 Å². The predicted molar refractivity (Wildman–Crippen MR) is 71.0 cm³/mol. The Kier molecular flexibility index (Phi) is 4.20. The smallest absolute Gasteiger partial charge is 0.257 e. The maximum absolute atomic E-state index is 12.4. The van der Waals surface area contributed by atoms with Crippen molar-refractivity contribution < 1.29 is 9.53 Å². The van der Waals surface area contributed by atoms with Crippen molar-refractivity contribution in [2.24, 2.45) is 0 Å². The van der Waals surface area contributed by atoms with Crippen LogP contribution in [-0.4, -0.2) is 43.6 Å². The van der Waals surface area contributed by atoms with Gasteiger partial charge in [-0.15, -0.1) is 0 Å². The van der Waals surface area contributed by atoms with E-state index >= 15 is 0 Å². The molecule has 0 radical (unpaired) electrons. The Hall–Kier alpha value is -1.55. The van der Waals surface area contributed by atoms with Crippen LogP contribution >= 0.6 is 0 Å². The number of nitrogens with zero attached hydrogens (tertiary/aromatic N) is 1. The van der Waals surface area contributed by atoms with Crippen molar-refractivity contribution in [2.45, 2.75) is 19.4 Å². The van der Waals surface area contributed by atoms with E-state index < -0.39 is 0 Å². The first-order chi connectivity index (χ1) is 8.76. The van der Waals surface area contributed by atoms with Gasteiger partial charge in [0, 0.05) is 19.1 Å². The predicted octanol–water partition coefficient (Wildman–Crippen LogP) is 1.52. The van der Waals surface area contributed by atoms with Crippen LogP contribution in [0.2, 0.25) is 0 Å². The van der Waals surface area contributed by atoms with E-state index in [1.54, 1.807) is 0 Å². The lowest BCUT2D eigenvalue weighted by Crippen LogP contribution is -2.33. The summed E-state index contributed by atoms with van der Waals surface area (Å²) in [5, 5.41) is 3.21. The summed E-state index contributed by atoms with van der Waals surface area (Å²) >= 11 is 0. The minimum Gasteiger partial charge on any atom is -0.493 e. The van der Waals surface area contributed by atoms with Crippen molar-refractivity contribution in [1.29, 1.82) is 0 Å². The number of likely N-dealkylation sites (N-methyl/N-ethyl adjacent to an activating group) is 1. The van der Waals surface area contributed by atoms with Crippen LogP contribution in [0, 0.1) is 0 Å². The van der Waals surface area contributed by atoms with Crippen molar-refractivity contribution in [3.05, 3.63) is 29.8 Å². The van der Waals surface area contributed by atoms with Gasteiger partial charge in [-0.25, -0.2) is 0 Å². The molecule has 0 saturated carbocycles. The molecule has 1 aliphatic heterocycles. The van der Waals surface area contributed by atoms with Gasteiger partial charge in [0.1, 0.15) is 5.75 Å². The lowest BCUT2D eigenvalue weighted by molar-refractivity contribution is 0.0785. The molecule has 1 aromatic carbocycles. The van der Waals surface area contributed by atoms with Crippen molar-refractivity contribution in [3.63, 3.8) is 0 Å². The third-order valence-electron chi connectivity index (χ3n) is 3.30. The van der Waals surface area contributed by atoms with E-state index in [9.17, 15) is 4.79 Å². The van der Waals surface area contributed by atoms with Crippen LogP contribution in [-0.2, 0) is 0 Å². The summed E-state index contributed by atoms with van der Waals surface area (Å²) in [6, 6.07) is 7.86. The zero-order chi connectivity index (χ0) is 13.0. The Balaban J connectivity index is 2.14. The minimum atomic E-state index is 0.0665. The second-order valence-corrected chi connectivity index (χ2v) is 4.45. The Morgan fingerprint density at radius 2 is 2.28 bits per heavy atom. The number of benzene rings is 1. The van der Waals surface area contributed by atoms with Crippen LogP contribution in [0.1, 0.15) is 23.7 Å². The van der Waals surface area contributed by atoms with E-state index in [-0.39, 0.29) is 5.91 Å². The number of nitrogens with one attached hydrogen (secondary N) is 1. The summed E-state index contributed by atoms with van der Waals surface area (Å²) in [7, 11) is 1.94. The first-order valence-corrected chi connectivity index (χ1v) is 6.44. The van der Waals surface area contributed by atoms with E-state index in [2.05, 4.69) is 5.32 Å². The number of hydrogen-bond acceptors (Lipinski definition) is 3. The summed E-state index contributed by atoms with van der Waals surface area (Å²) in [4.78, 5) is 14.3. The van der Waals surface area contributed by atoms with Crippen LogP contribution in [0.15, 0.2) is 24.3 Å². The van der Waals surface area contributed by atoms with Gasteiger partial charge in [-0.3, -0.25) is 4.79 Å². The molecule has 18 heavy (non-hydrogen) atoms. The fourth-order valence-electron chi connectivity index (χ4n) is 2.28. The standard InChI is InChI=1S/C14H20N2O2/c1-3-18-13-7-5-4-6-12(13)14(17)16-9-8-11(10-16)15-2/h4-7,11,15H,3,8-10H2,1-2H3/t11-/m1/s1. The molecule has 4 heteroatoms. The van der Waals surface area contributed by atoms with Gasteiger partial charge in [-0.2, -0.15) is 0 Å². The molecule has 1 fully saturated rings. The number of likely N-dealkylation sites (tertiary alicyclic amines) is 1. The highest BCUT2D eigenvalue weighted by atomic mass is 16.5. The van der Waals surface area contributed by atoms with Gasteiger partial charge >= 0.3 is 0 Å². The fraction of sp³-hybridized carbons (Fsp3) is 0.500. The molecule has 1 atom stereocenters. The molecule has 1 aliphatic rings. The summed E-state index contributed by atoms with van der Waals surface area (Å²) < 4.78 is 5.51. The SMILES string of the molecule is CCOc1ccccc1C(=O)N1CC[C@@H](NC)C1. The van der Waals surface area contributed by atoms with Gasteiger partial charge < -0.3 is 15.0 Å². The van der Waals surface area contributed by atoms with Crippen molar-refractivity contribution in [1.82, 2.24) is 10.2 Å². The molecule has 0 spiro atoms. The first kappa shape index (κ1) is 12.9. The average Bonchev–Trinajstić information content (AvgIpc) is 2.88. The number of carbonyl (C=O) groups is 1. The molecule has 1 saturated heterocycles. The minimum absolute atomic E-state index is 0.0665. The van der Waals surface area contributed by atoms with Gasteiger partial charge in [-0.05, 0) is 32.5 Å². The molecule has 1 N–H and O–H groups in total. The second-order valence-electron chi connectivity index (χ2n) is 4.45. The van der Waals surface area contributed by atoms with Crippen LogP contribution < -0.4 is 10.1 Å². The van der Waals surface area contributed by atoms with Crippen LogP contribution in [0.5, 0.6) is 5.75 Å². The number of rotatable bonds is 4. The van der Waals surface area contributed by atoms with Crippen molar-refractivity contribution in [3.8, 4) is 5.75 Å². The second kappa shape index (κ2) is 5.87. The molecule has 98 valence electrons. The largest absolute Gasteiger partial charge is 0.493 e. The molecule has 0 unspecified atom stereocenters. The van der Waals surface area contributed by atoms with Gasteiger partial charge in [0.2, 0.25) is 0 Å². The van der Waals surface area contributed by atoms with Gasteiger partial charge in [0.15, 0.2) is 0 Å². The topological polar surface area (TPSA) is 41.6 Å². The molecular weight excluding hydrogens is 228 g/mol. The van der Waals surface area contributed by atoms with Crippen LogP contribution in [0.25, 0.3) is 0 Å². The molecule has 0 aromatic heterocycles. The third kappa shape index (κ3) is 2.64. The highest BCUT2D eigenvalue weighted by molar-refractivity contribution is 5.97. The lowest BCUT2D eigenvalue weighted by Gasteiger charge is -2.18. The molecule has 0 bridgehead atoms. The molecular formula is C14H20N2O2. The van der Waals surface area contributed by atoms with E-state index in [1.807, 2.05) is 43.1 Å². The van der Waals surface area contributed by atoms with Crippen LogP contribution in [0.4, 0.5) is 0 Å². The molecule has 0 aliphatic carbocycles.